The molecule has 1 N–H and O–H groups in total. The predicted octanol–water partition coefficient (Wildman–Crippen LogP) is 5.17. The summed E-state index contributed by atoms with van der Waals surface area (Å²) in [5.74, 6) is 0.00621. The van der Waals surface area contributed by atoms with Crippen LogP contribution < -0.4 is 5.32 Å². The van der Waals surface area contributed by atoms with Gasteiger partial charge < -0.3 is 4.74 Å². The van der Waals surface area contributed by atoms with Gasteiger partial charge in [-0.3, -0.25) is 10.1 Å². The van der Waals surface area contributed by atoms with E-state index in [1.807, 2.05) is 37.3 Å². The Hall–Kier alpha value is -3.40. The fourth-order valence-corrected chi connectivity index (χ4v) is 3.64. The molecule has 1 amide bonds. The lowest BCUT2D eigenvalue weighted by Gasteiger charge is -2.15. The van der Waals surface area contributed by atoms with Gasteiger partial charge in [-0.15, -0.1) is 0 Å². The SMILES string of the molecule is Cc1ccc(NC(=O)OCC2c3ccccc3-c3ccccc32)c(C=O)c1. The third kappa shape index (κ3) is 3.22. The highest BCUT2D eigenvalue weighted by Gasteiger charge is 2.29. The van der Waals surface area contributed by atoms with Crippen LogP contribution in [0.25, 0.3) is 11.1 Å². The zero-order chi connectivity index (χ0) is 18.8. The molecule has 0 unspecified atom stereocenters. The van der Waals surface area contributed by atoms with E-state index in [4.69, 9.17) is 4.74 Å². The molecule has 4 heteroatoms. The number of hydrogen-bond donors (Lipinski definition) is 1. The standard InChI is InChI=1S/C23H19NO3/c1-15-10-11-22(16(12-15)13-25)24-23(26)27-14-21-19-8-4-2-6-17(19)18-7-3-5-9-20(18)21/h2-13,21H,14H2,1H3,(H,24,26). The van der Waals surface area contributed by atoms with Crippen LogP contribution in [0, 0.1) is 6.92 Å². The first-order chi connectivity index (χ1) is 13.2. The lowest BCUT2D eigenvalue weighted by atomic mass is 9.98. The number of hydrogen-bond acceptors (Lipinski definition) is 3. The molecule has 0 fully saturated rings. The van der Waals surface area contributed by atoms with Crippen molar-refractivity contribution in [3.05, 3.63) is 89.0 Å². The van der Waals surface area contributed by atoms with E-state index in [-0.39, 0.29) is 12.5 Å². The van der Waals surface area contributed by atoms with Crippen molar-refractivity contribution in [1.29, 1.82) is 0 Å². The van der Waals surface area contributed by atoms with Crippen molar-refractivity contribution in [2.45, 2.75) is 12.8 Å². The van der Waals surface area contributed by atoms with Gasteiger partial charge in [0.15, 0.2) is 6.29 Å². The number of aryl methyl sites for hydroxylation is 1. The summed E-state index contributed by atoms with van der Waals surface area (Å²) in [6.07, 6.45) is 0.162. The third-order valence-corrected chi connectivity index (χ3v) is 4.91. The molecule has 0 atom stereocenters. The van der Waals surface area contributed by atoms with Crippen LogP contribution in [0.15, 0.2) is 66.7 Å². The number of benzene rings is 3. The first-order valence-electron chi connectivity index (χ1n) is 8.85. The first kappa shape index (κ1) is 17.0. The molecule has 3 aromatic rings. The summed E-state index contributed by atoms with van der Waals surface area (Å²) in [6.45, 7) is 2.13. The minimum absolute atomic E-state index is 0.00621. The second-order valence-electron chi connectivity index (χ2n) is 6.66. The highest BCUT2D eigenvalue weighted by atomic mass is 16.5. The number of ether oxygens (including phenoxy) is 1. The van der Waals surface area contributed by atoms with E-state index in [0.29, 0.717) is 11.3 Å². The fraction of sp³-hybridized carbons (Fsp3) is 0.130. The largest absolute Gasteiger partial charge is 0.448 e. The molecule has 0 radical (unpaired) electrons. The van der Waals surface area contributed by atoms with Gasteiger partial charge in [-0.05, 0) is 41.3 Å². The van der Waals surface area contributed by atoms with E-state index in [1.165, 1.54) is 11.1 Å². The van der Waals surface area contributed by atoms with E-state index in [9.17, 15) is 9.59 Å². The zero-order valence-electron chi connectivity index (χ0n) is 14.9. The molecule has 0 bridgehead atoms. The molecule has 1 aliphatic carbocycles. The smallest absolute Gasteiger partial charge is 0.411 e. The quantitative estimate of drug-likeness (QED) is 0.656. The molecule has 3 aromatic carbocycles. The first-order valence-corrected chi connectivity index (χ1v) is 8.85. The maximum absolute atomic E-state index is 12.3. The van der Waals surface area contributed by atoms with Crippen LogP contribution in [-0.4, -0.2) is 19.0 Å². The summed E-state index contributed by atoms with van der Waals surface area (Å²) in [7, 11) is 0. The Morgan fingerprint density at radius 3 is 2.26 bits per heavy atom. The Morgan fingerprint density at radius 1 is 1.00 bits per heavy atom. The van der Waals surface area contributed by atoms with Crippen molar-refractivity contribution < 1.29 is 14.3 Å². The van der Waals surface area contributed by atoms with Crippen LogP contribution in [0.3, 0.4) is 0 Å². The summed E-state index contributed by atoms with van der Waals surface area (Å²) in [5.41, 5.74) is 6.53. The van der Waals surface area contributed by atoms with Crippen molar-refractivity contribution in [2.75, 3.05) is 11.9 Å². The van der Waals surface area contributed by atoms with Crippen LogP contribution in [-0.2, 0) is 4.74 Å². The third-order valence-electron chi connectivity index (χ3n) is 4.91. The van der Waals surface area contributed by atoms with E-state index in [0.717, 1.165) is 23.0 Å². The van der Waals surface area contributed by atoms with E-state index < -0.39 is 6.09 Å². The number of amides is 1. The molecule has 134 valence electrons. The lowest BCUT2D eigenvalue weighted by molar-refractivity contribution is 0.112. The molecule has 0 aliphatic heterocycles. The van der Waals surface area contributed by atoms with Crippen molar-refractivity contribution in [3.8, 4) is 11.1 Å². The predicted molar refractivity (Wildman–Crippen MR) is 105 cm³/mol. The Labute approximate surface area is 157 Å². The molecule has 0 saturated carbocycles. The Balaban J connectivity index is 1.51. The van der Waals surface area contributed by atoms with Crippen LogP contribution in [0.2, 0.25) is 0 Å². The minimum atomic E-state index is -0.566. The van der Waals surface area contributed by atoms with E-state index in [2.05, 4.69) is 29.6 Å². The second kappa shape index (κ2) is 7.08. The summed E-state index contributed by atoms with van der Waals surface area (Å²) in [5, 5.41) is 2.67. The van der Waals surface area contributed by atoms with Crippen LogP contribution in [0.5, 0.6) is 0 Å². The van der Waals surface area contributed by atoms with Crippen molar-refractivity contribution in [1.82, 2.24) is 0 Å². The number of carbonyl (C=O) groups excluding carboxylic acids is 2. The van der Waals surface area contributed by atoms with Crippen LogP contribution in [0.1, 0.15) is 33.0 Å². The summed E-state index contributed by atoms with van der Waals surface area (Å²) >= 11 is 0. The summed E-state index contributed by atoms with van der Waals surface area (Å²) in [4.78, 5) is 23.5. The van der Waals surface area contributed by atoms with Gasteiger partial charge in [-0.2, -0.15) is 0 Å². The molecule has 0 saturated heterocycles. The van der Waals surface area contributed by atoms with Crippen molar-refractivity contribution in [3.63, 3.8) is 0 Å². The minimum Gasteiger partial charge on any atom is -0.448 e. The van der Waals surface area contributed by atoms with E-state index in [1.54, 1.807) is 12.1 Å². The normalized spacial score (nSPS) is 12.2. The van der Waals surface area contributed by atoms with Gasteiger partial charge in [0.25, 0.3) is 0 Å². The molecular weight excluding hydrogens is 338 g/mol. The lowest BCUT2D eigenvalue weighted by Crippen LogP contribution is -2.18. The zero-order valence-corrected chi connectivity index (χ0v) is 14.9. The topological polar surface area (TPSA) is 55.4 Å². The number of aldehydes is 1. The highest BCUT2D eigenvalue weighted by Crippen LogP contribution is 2.44. The van der Waals surface area contributed by atoms with Gasteiger partial charge in [0.2, 0.25) is 0 Å². The monoisotopic (exact) mass is 357 g/mol. The van der Waals surface area contributed by atoms with Crippen LogP contribution >= 0.6 is 0 Å². The number of anilines is 1. The Kier molecular flexibility index (Phi) is 4.47. The Bertz CT molecular complexity index is 980. The number of nitrogens with one attached hydrogen (secondary N) is 1. The highest BCUT2D eigenvalue weighted by molar-refractivity contribution is 5.93. The molecule has 4 rings (SSSR count). The number of fused-ring (bicyclic) bond motifs is 3. The van der Waals surface area contributed by atoms with Gasteiger partial charge in [-0.1, -0.05) is 60.2 Å². The molecule has 0 aromatic heterocycles. The summed E-state index contributed by atoms with van der Waals surface area (Å²) < 4.78 is 5.51. The van der Waals surface area contributed by atoms with Gasteiger partial charge >= 0.3 is 6.09 Å². The molecule has 27 heavy (non-hydrogen) atoms. The molecule has 0 spiro atoms. The van der Waals surface area contributed by atoms with E-state index >= 15 is 0 Å². The molecule has 1 aliphatic rings. The molecule has 0 heterocycles. The molecule has 4 nitrogen and oxygen atoms in total. The van der Waals surface area contributed by atoms with Gasteiger partial charge in [0.1, 0.15) is 6.61 Å². The maximum Gasteiger partial charge on any atom is 0.411 e. The maximum atomic E-state index is 12.3. The van der Waals surface area contributed by atoms with Gasteiger partial charge in [0.05, 0.1) is 5.69 Å². The number of carbonyl (C=O) groups is 2. The molecular formula is C23H19NO3. The van der Waals surface area contributed by atoms with Gasteiger partial charge in [0, 0.05) is 11.5 Å². The van der Waals surface area contributed by atoms with Crippen molar-refractivity contribution in [2.24, 2.45) is 0 Å². The second-order valence-corrected chi connectivity index (χ2v) is 6.66. The van der Waals surface area contributed by atoms with Gasteiger partial charge in [-0.25, -0.2) is 4.79 Å². The van der Waals surface area contributed by atoms with Crippen LogP contribution in [0.4, 0.5) is 10.5 Å². The summed E-state index contributed by atoms with van der Waals surface area (Å²) in [6, 6.07) is 21.7. The fourth-order valence-electron chi connectivity index (χ4n) is 3.64. The van der Waals surface area contributed by atoms with Crippen molar-refractivity contribution >= 4 is 18.1 Å². The number of rotatable bonds is 4. The Morgan fingerprint density at radius 2 is 1.63 bits per heavy atom. The average Bonchev–Trinajstić information content (AvgIpc) is 3.01. The average molecular weight is 357 g/mol.